The van der Waals surface area contributed by atoms with Crippen LogP contribution in [0.2, 0.25) is 0 Å². The van der Waals surface area contributed by atoms with Crippen LogP contribution in [0.15, 0.2) is 18.2 Å². The highest BCUT2D eigenvalue weighted by molar-refractivity contribution is 5.54. The van der Waals surface area contributed by atoms with Crippen molar-refractivity contribution in [3.05, 3.63) is 33.9 Å². The molecule has 19 heavy (non-hydrogen) atoms. The summed E-state index contributed by atoms with van der Waals surface area (Å²) in [6, 6.07) is 4.91. The van der Waals surface area contributed by atoms with Crippen LogP contribution in [-0.2, 0) is 4.74 Å². The number of anilines is 1. The molecule has 1 aromatic rings. The second-order valence-electron chi connectivity index (χ2n) is 4.93. The molecular weight excluding hydrogens is 248 g/mol. The zero-order valence-corrected chi connectivity index (χ0v) is 10.9. The summed E-state index contributed by atoms with van der Waals surface area (Å²) in [7, 11) is 0. The molecular formula is C13H18N2O4. The zero-order valence-electron chi connectivity index (χ0n) is 10.9. The fourth-order valence-electron chi connectivity index (χ4n) is 2.33. The Balaban J connectivity index is 2.18. The van der Waals surface area contributed by atoms with Crippen LogP contribution in [-0.4, -0.2) is 35.4 Å². The third-order valence-corrected chi connectivity index (χ3v) is 3.56. The summed E-state index contributed by atoms with van der Waals surface area (Å²) in [5.41, 5.74) is 1.12. The van der Waals surface area contributed by atoms with Crippen molar-refractivity contribution in [2.24, 2.45) is 0 Å². The van der Waals surface area contributed by atoms with Gasteiger partial charge >= 0.3 is 0 Å². The normalized spacial score (nSPS) is 18.0. The Labute approximate surface area is 111 Å². The molecule has 2 N–H and O–H groups in total. The van der Waals surface area contributed by atoms with Gasteiger partial charge in [-0.2, -0.15) is 0 Å². The van der Waals surface area contributed by atoms with Crippen molar-refractivity contribution in [2.45, 2.75) is 25.3 Å². The number of aliphatic hydroxyl groups is 1. The average molecular weight is 266 g/mol. The second kappa shape index (κ2) is 5.54. The highest BCUT2D eigenvalue weighted by Gasteiger charge is 2.31. The maximum absolute atomic E-state index is 10.8. The standard InChI is InChI=1S/C13H18N2O4/c1-10-8-11(2-3-12(10)15(17)18)14-13(9-16)4-6-19-7-5-13/h2-3,8,14,16H,4-7,9H2,1H3. The number of hydrogen-bond acceptors (Lipinski definition) is 5. The lowest BCUT2D eigenvalue weighted by Crippen LogP contribution is -2.46. The van der Waals surface area contributed by atoms with Crippen molar-refractivity contribution in [3.63, 3.8) is 0 Å². The fourth-order valence-corrected chi connectivity index (χ4v) is 2.33. The number of ether oxygens (including phenoxy) is 1. The zero-order chi connectivity index (χ0) is 13.9. The number of nitro groups is 1. The molecule has 104 valence electrons. The molecule has 1 fully saturated rings. The van der Waals surface area contributed by atoms with Crippen LogP contribution in [0.5, 0.6) is 0 Å². The van der Waals surface area contributed by atoms with Crippen molar-refractivity contribution >= 4 is 11.4 Å². The molecule has 1 aliphatic heterocycles. The van der Waals surface area contributed by atoms with E-state index in [0.29, 0.717) is 18.8 Å². The molecule has 0 bridgehead atoms. The summed E-state index contributed by atoms with van der Waals surface area (Å²) in [6.45, 7) is 2.95. The number of benzene rings is 1. The lowest BCUT2D eigenvalue weighted by atomic mass is 9.90. The summed E-state index contributed by atoms with van der Waals surface area (Å²) in [5.74, 6) is 0. The molecule has 0 atom stereocenters. The quantitative estimate of drug-likeness (QED) is 0.641. The van der Waals surface area contributed by atoms with Gasteiger partial charge in [0.1, 0.15) is 0 Å². The summed E-state index contributed by atoms with van der Waals surface area (Å²) >= 11 is 0. The highest BCUT2D eigenvalue weighted by Crippen LogP contribution is 2.28. The van der Waals surface area contributed by atoms with Crippen LogP contribution in [0.25, 0.3) is 0 Å². The number of aliphatic hydroxyl groups excluding tert-OH is 1. The number of nitro benzene ring substituents is 1. The first-order valence-corrected chi connectivity index (χ1v) is 6.28. The lowest BCUT2D eigenvalue weighted by molar-refractivity contribution is -0.385. The lowest BCUT2D eigenvalue weighted by Gasteiger charge is -2.37. The molecule has 2 rings (SSSR count). The smallest absolute Gasteiger partial charge is 0.272 e. The summed E-state index contributed by atoms with van der Waals surface area (Å²) in [5, 5.41) is 23.7. The fraction of sp³-hybridized carbons (Fsp3) is 0.538. The van der Waals surface area contributed by atoms with Crippen molar-refractivity contribution in [3.8, 4) is 0 Å². The van der Waals surface area contributed by atoms with Crippen LogP contribution in [0.3, 0.4) is 0 Å². The molecule has 0 aromatic heterocycles. The van der Waals surface area contributed by atoms with Gasteiger partial charge in [-0.05, 0) is 31.9 Å². The minimum atomic E-state index is -0.393. The SMILES string of the molecule is Cc1cc(NC2(CO)CCOCC2)ccc1[N+](=O)[O-]. The van der Waals surface area contributed by atoms with Gasteiger partial charge in [-0.1, -0.05) is 0 Å². The molecule has 0 amide bonds. The summed E-state index contributed by atoms with van der Waals surface area (Å²) in [4.78, 5) is 10.4. The van der Waals surface area contributed by atoms with Gasteiger partial charge < -0.3 is 15.2 Å². The van der Waals surface area contributed by atoms with E-state index in [4.69, 9.17) is 4.74 Å². The van der Waals surface area contributed by atoms with Crippen molar-refractivity contribution in [1.29, 1.82) is 0 Å². The molecule has 0 saturated carbocycles. The molecule has 0 spiro atoms. The number of nitrogens with one attached hydrogen (secondary N) is 1. The predicted octanol–water partition coefficient (Wildman–Crippen LogP) is 1.86. The van der Waals surface area contributed by atoms with Crippen LogP contribution in [0.1, 0.15) is 18.4 Å². The first-order chi connectivity index (χ1) is 9.06. The minimum Gasteiger partial charge on any atom is -0.394 e. The molecule has 0 unspecified atom stereocenters. The van der Waals surface area contributed by atoms with Crippen LogP contribution in [0, 0.1) is 17.0 Å². The minimum absolute atomic E-state index is 0.0202. The number of rotatable bonds is 4. The molecule has 6 nitrogen and oxygen atoms in total. The Bertz CT molecular complexity index is 470. The Morgan fingerprint density at radius 2 is 2.16 bits per heavy atom. The van der Waals surface area contributed by atoms with Crippen LogP contribution >= 0.6 is 0 Å². The maximum Gasteiger partial charge on any atom is 0.272 e. The third-order valence-electron chi connectivity index (χ3n) is 3.56. The third kappa shape index (κ3) is 3.02. The Morgan fingerprint density at radius 3 is 2.68 bits per heavy atom. The summed E-state index contributed by atoms with van der Waals surface area (Å²) in [6.07, 6.45) is 1.44. The van der Waals surface area contributed by atoms with Crippen LogP contribution < -0.4 is 5.32 Å². The maximum atomic E-state index is 10.8. The Hall–Kier alpha value is -1.66. The molecule has 1 heterocycles. The van der Waals surface area contributed by atoms with Gasteiger partial charge in [0, 0.05) is 30.5 Å². The Kier molecular flexibility index (Phi) is 4.01. The Morgan fingerprint density at radius 1 is 1.47 bits per heavy atom. The van der Waals surface area contributed by atoms with E-state index in [-0.39, 0.29) is 17.8 Å². The molecule has 1 aromatic carbocycles. The molecule has 0 radical (unpaired) electrons. The largest absolute Gasteiger partial charge is 0.394 e. The van der Waals surface area contributed by atoms with E-state index in [0.717, 1.165) is 18.5 Å². The summed E-state index contributed by atoms with van der Waals surface area (Å²) < 4.78 is 5.30. The first kappa shape index (κ1) is 13.8. The topological polar surface area (TPSA) is 84.6 Å². The van der Waals surface area contributed by atoms with E-state index in [1.54, 1.807) is 19.1 Å². The van der Waals surface area contributed by atoms with Gasteiger partial charge in [0.05, 0.1) is 17.1 Å². The van der Waals surface area contributed by atoms with E-state index >= 15 is 0 Å². The molecule has 6 heteroatoms. The molecule has 1 aliphatic rings. The second-order valence-corrected chi connectivity index (χ2v) is 4.93. The predicted molar refractivity (Wildman–Crippen MR) is 71.3 cm³/mol. The highest BCUT2D eigenvalue weighted by atomic mass is 16.6. The molecule has 1 saturated heterocycles. The van der Waals surface area contributed by atoms with E-state index < -0.39 is 4.92 Å². The van der Waals surface area contributed by atoms with Crippen molar-refractivity contribution in [1.82, 2.24) is 0 Å². The van der Waals surface area contributed by atoms with E-state index in [1.807, 2.05) is 0 Å². The van der Waals surface area contributed by atoms with Gasteiger partial charge in [-0.3, -0.25) is 10.1 Å². The van der Waals surface area contributed by atoms with E-state index in [1.165, 1.54) is 6.07 Å². The van der Waals surface area contributed by atoms with E-state index in [2.05, 4.69) is 5.32 Å². The monoisotopic (exact) mass is 266 g/mol. The van der Waals surface area contributed by atoms with Gasteiger partial charge in [-0.25, -0.2) is 0 Å². The first-order valence-electron chi connectivity index (χ1n) is 6.28. The molecule has 0 aliphatic carbocycles. The van der Waals surface area contributed by atoms with Crippen molar-refractivity contribution in [2.75, 3.05) is 25.1 Å². The van der Waals surface area contributed by atoms with Gasteiger partial charge in [0.15, 0.2) is 0 Å². The average Bonchev–Trinajstić information content (AvgIpc) is 2.39. The van der Waals surface area contributed by atoms with Gasteiger partial charge in [-0.15, -0.1) is 0 Å². The van der Waals surface area contributed by atoms with Gasteiger partial charge in [0.25, 0.3) is 5.69 Å². The van der Waals surface area contributed by atoms with Gasteiger partial charge in [0.2, 0.25) is 0 Å². The number of aryl methyl sites for hydroxylation is 1. The van der Waals surface area contributed by atoms with Crippen LogP contribution in [0.4, 0.5) is 11.4 Å². The number of nitrogens with zero attached hydrogens (tertiary/aromatic N) is 1. The number of hydrogen-bond donors (Lipinski definition) is 2. The van der Waals surface area contributed by atoms with Crippen molar-refractivity contribution < 1.29 is 14.8 Å². The van der Waals surface area contributed by atoms with E-state index in [9.17, 15) is 15.2 Å².